The molecule has 2 aromatic rings. The zero-order chi connectivity index (χ0) is 22.0. The number of carbonyl (C=O) groups excluding carboxylic acids is 1. The number of amides is 1. The molecule has 2 N–H and O–H groups in total. The molecule has 0 radical (unpaired) electrons. The number of phenolic OH excluding ortho intramolecular Hbond substituents is 1. The van der Waals surface area contributed by atoms with Crippen LogP contribution in [-0.4, -0.2) is 33.6 Å². The SMILES string of the molecule is CCCCSC1=NN2C(=c3cc(Br)ccc3=NC2c2ccc(O)c(OCC)c2)C(=O)N1. The van der Waals surface area contributed by atoms with E-state index in [0.29, 0.717) is 33.8 Å². The predicted molar refractivity (Wildman–Crippen MR) is 125 cm³/mol. The van der Waals surface area contributed by atoms with E-state index in [4.69, 9.17) is 14.8 Å². The molecule has 0 bridgehead atoms. The van der Waals surface area contributed by atoms with Crippen LogP contribution in [0.1, 0.15) is 38.4 Å². The highest BCUT2D eigenvalue weighted by molar-refractivity contribution is 9.10. The van der Waals surface area contributed by atoms with Gasteiger partial charge in [0.25, 0.3) is 5.91 Å². The summed E-state index contributed by atoms with van der Waals surface area (Å²) in [6.45, 7) is 4.41. The van der Waals surface area contributed by atoms with Gasteiger partial charge in [-0.1, -0.05) is 47.1 Å². The summed E-state index contributed by atoms with van der Waals surface area (Å²) < 4.78 is 6.41. The molecule has 2 aromatic carbocycles. The van der Waals surface area contributed by atoms with Gasteiger partial charge in [0.05, 0.1) is 12.0 Å². The first-order valence-corrected chi connectivity index (χ1v) is 11.9. The molecule has 2 aliphatic heterocycles. The fraction of sp³-hybridized carbons (Fsp3) is 0.318. The van der Waals surface area contributed by atoms with Crippen molar-refractivity contribution in [2.24, 2.45) is 10.1 Å². The molecule has 2 aliphatic rings. The van der Waals surface area contributed by atoms with Gasteiger partial charge < -0.3 is 9.84 Å². The Kier molecular flexibility index (Phi) is 6.52. The van der Waals surface area contributed by atoms with Crippen LogP contribution in [0.2, 0.25) is 0 Å². The molecule has 31 heavy (non-hydrogen) atoms. The highest BCUT2D eigenvalue weighted by atomic mass is 79.9. The van der Waals surface area contributed by atoms with Crippen molar-refractivity contribution >= 4 is 44.5 Å². The van der Waals surface area contributed by atoms with Crippen molar-refractivity contribution in [3.8, 4) is 11.5 Å². The largest absolute Gasteiger partial charge is 0.504 e. The van der Waals surface area contributed by atoms with E-state index in [9.17, 15) is 9.90 Å². The Bertz CT molecular complexity index is 1170. The Morgan fingerprint density at radius 1 is 1.26 bits per heavy atom. The number of ether oxygens (including phenoxy) is 1. The van der Waals surface area contributed by atoms with E-state index in [1.807, 2.05) is 25.1 Å². The number of nitrogens with one attached hydrogen (secondary N) is 1. The quantitative estimate of drug-likeness (QED) is 0.592. The molecule has 1 atom stereocenters. The van der Waals surface area contributed by atoms with Crippen LogP contribution in [-0.2, 0) is 4.79 Å². The van der Waals surface area contributed by atoms with E-state index in [1.165, 1.54) is 11.8 Å². The molecule has 9 heteroatoms. The molecule has 0 spiro atoms. The molecular formula is C22H23BrN4O3S. The van der Waals surface area contributed by atoms with Gasteiger partial charge in [-0.15, -0.1) is 5.10 Å². The summed E-state index contributed by atoms with van der Waals surface area (Å²) in [6, 6.07) is 10.8. The number of aromatic hydroxyl groups is 1. The lowest BCUT2D eigenvalue weighted by molar-refractivity contribution is -0.116. The van der Waals surface area contributed by atoms with E-state index >= 15 is 0 Å². The topological polar surface area (TPSA) is 86.5 Å². The minimum atomic E-state index is -0.559. The molecule has 7 nitrogen and oxygen atoms in total. The fourth-order valence-corrected chi connectivity index (χ4v) is 4.71. The highest BCUT2D eigenvalue weighted by Gasteiger charge is 2.34. The zero-order valence-corrected chi connectivity index (χ0v) is 19.7. The van der Waals surface area contributed by atoms with Crippen LogP contribution in [0.15, 0.2) is 51.0 Å². The van der Waals surface area contributed by atoms with Crippen LogP contribution in [0, 0.1) is 0 Å². The maximum absolute atomic E-state index is 13.1. The fourth-order valence-electron chi connectivity index (χ4n) is 3.41. The Hall–Kier alpha value is -2.52. The first kappa shape index (κ1) is 21.7. The highest BCUT2D eigenvalue weighted by Crippen LogP contribution is 2.35. The van der Waals surface area contributed by atoms with Gasteiger partial charge >= 0.3 is 0 Å². The standard InChI is InChI=1S/C22H23BrN4O3S/c1-3-5-10-31-22-25-21(29)19-15-12-14(23)7-8-16(15)24-20(27(19)26-22)13-6-9-17(28)18(11-13)30-4-2/h6-9,11-12,20,28H,3-5,10H2,1-2H3,(H,25,26,29). The van der Waals surface area contributed by atoms with Crippen molar-refractivity contribution in [1.29, 1.82) is 0 Å². The number of phenols is 1. The first-order chi connectivity index (χ1) is 15.0. The number of amidine groups is 1. The Balaban J connectivity index is 1.85. The van der Waals surface area contributed by atoms with Gasteiger partial charge in [0.1, 0.15) is 5.70 Å². The van der Waals surface area contributed by atoms with E-state index < -0.39 is 6.17 Å². The number of carbonyl (C=O) groups is 1. The molecule has 0 aliphatic carbocycles. The maximum Gasteiger partial charge on any atom is 0.276 e. The monoisotopic (exact) mass is 502 g/mol. The van der Waals surface area contributed by atoms with Crippen molar-refractivity contribution < 1.29 is 14.6 Å². The van der Waals surface area contributed by atoms with Gasteiger partial charge in [0.15, 0.2) is 22.8 Å². The molecule has 162 valence electrons. The third kappa shape index (κ3) is 4.43. The molecule has 0 saturated heterocycles. The number of hydrazone groups is 1. The van der Waals surface area contributed by atoms with E-state index in [0.717, 1.165) is 28.6 Å². The van der Waals surface area contributed by atoms with Crippen LogP contribution in [0.3, 0.4) is 0 Å². The van der Waals surface area contributed by atoms with Crippen molar-refractivity contribution in [3.05, 3.63) is 57.0 Å². The summed E-state index contributed by atoms with van der Waals surface area (Å²) in [5.74, 6) is 1.10. The Labute approximate surface area is 193 Å². The smallest absolute Gasteiger partial charge is 0.276 e. The molecule has 0 aromatic heterocycles. The van der Waals surface area contributed by atoms with Crippen LogP contribution < -0.4 is 20.6 Å². The van der Waals surface area contributed by atoms with Crippen LogP contribution in [0.5, 0.6) is 11.5 Å². The number of benzene rings is 2. The lowest BCUT2D eigenvalue weighted by Gasteiger charge is -2.34. The van der Waals surface area contributed by atoms with E-state index in [-0.39, 0.29) is 11.7 Å². The third-order valence-corrected chi connectivity index (χ3v) is 6.33. The van der Waals surface area contributed by atoms with Gasteiger partial charge in [-0.25, -0.2) is 5.01 Å². The Morgan fingerprint density at radius 2 is 2.10 bits per heavy atom. The molecule has 0 saturated carbocycles. The summed E-state index contributed by atoms with van der Waals surface area (Å²) in [6.07, 6.45) is 1.55. The normalized spacial score (nSPS) is 17.3. The third-order valence-electron chi connectivity index (χ3n) is 4.89. The molecule has 0 fully saturated rings. The number of hydrogen-bond donors (Lipinski definition) is 2. The summed E-state index contributed by atoms with van der Waals surface area (Å²) in [5, 5.41) is 21.4. The second kappa shape index (κ2) is 9.32. The molecule has 4 rings (SSSR count). The second-order valence-corrected chi connectivity index (χ2v) is 9.08. The summed E-state index contributed by atoms with van der Waals surface area (Å²) in [7, 11) is 0. The Morgan fingerprint density at radius 3 is 2.87 bits per heavy atom. The van der Waals surface area contributed by atoms with Crippen molar-refractivity contribution in [2.75, 3.05) is 12.4 Å². The van der Waals surface area contributed by atoms with Gasteiger partial charge in [-0.3, -0.25) is 15.1 Å². The van der Waals surface area contributed by atoms with E-state index in [1.54, 1.807) is 23.2 Å². The van der Waals surface area contributed by atoms with Gasteiger partial charge in [-0.05, 0) is 43.7 Å². The lowest BCUT2D eigenvalue weighted by Crippen LogP contribution is -2.50. The number of thioether (sulfide) groups is 1. The summed E-state index contributed by atoms with van der Waals surface area (Å²) in [4.78, 5) is 18.0. The number of nitrogens with zero attached hydrogens (tertiary/aromatic N) is 3. The van der Waals surface area contributed by atoms with Crippen LogP contribution in [0.25, 0.3) is 5.70 Å². The molecule has 1 unspecified atom stereocenters. The number of fused-ring (bicyclic) bond motifs is 2. The summed E-state index contributed by atoms with van der Waals surface area (Å²) in [5.41, 5.74) is 1.21. The van der Waals surface area contributed by atoms with Crippen LogP contribution >= 0.6 is 27.7 Å². The average Bonchev–Trinajstić information content (AvgIpc) is 2.75. The molecule has 2 heterocycles. The average molecular weight is 503 g/mol. The summed E-state index contributed by atoms with van der Waals surface area (Å²) >= 11 is 5.01. The number of rotatable bonds is 6. The van der Waals surface area contributed by atoms with E-state index in [2.05, 4.69) is 28.2 Å². The van der Waals surface area contributed by atoms with Crippen molar-refractivity contribution in [1.82, 2.24) is 10.3 Å². The lowest BCUT2D eigenvalue weighted by atomic mass is 10.1. The minimum absolute atomic E-state index is 0.0608. The molecule has 1 amide bonds. The van der Waals surface area contributed by atoms with Gasteiger partial charge in [0.2, 0.25) is 0 Å². The molecular weight excluding hydrogens is 480 g/mol. The predicted octanol–water partition coefficient (Wildman–Crippen LogP) is 3.23. The van der Waals surface area contributed by atoms with Crippen molar-refractivity contribution in [2.45, 2.75) is 32.9 Å². The maximum atomic E-state index is 13.1. The van der Waals surface area contributed by atoms with Gasteiger partial charge in [0, 0.05) is 21.0 Å². The van der Waals surface area contributed by atoms with Crippen molar-refractivity contribution in [3.63, 3.8) is 0 Å². The number of unbranched alkanes of at least 4 members (excludes halogenated alkanes) is 1. The minimum Gasteiger partial charge on any atom is -0.504 e. The van der Waals surface area contributed by atoms with Gasteiger partial charge in [-0.2, -0.15) is 0 Å². The second-order valence-electron chi connectivity index (χ2n) is 7.08. The zero-order valence-electron chi connectivity index (χ0n) is 17.3. The number of halogens is 1. The van der Waals surface area contributed by atoms with Crippen LogP contribution in [0.4, 0.5) is 0 Å². The first-order valence-electron chi connectivity index (χ1n) is 10.2. The number of hydrogen-bond acceptors (Lipinski definition) is 7.